The highest BCUT2D eigenvalue weighted by Crippen LogP contribution is 2.19. The fourth-order valence-electron chi connectivity index (χ4n) is 4.42. The fourth-order valence-corrected chi connectivity index (χ4v) is 4.58. The zero-order valence-corrected chi connectivity index (χ0v) is 31.2. The first-order valence-electron chi connectivity index (χ1n) is 16.4. The van der Waals surface area contributed by atoms with Crippen LogP contribution in [0.25, 0.3) is 0 Å². The minimum Gasteiger partial charge on any atom is -0.486 e. The number of hydrogen-bond donors (Lipinski definition) is 1. The normalized spacial score (nSPS) is 9.57. The van der Waals surface area contributed by atoms with E-state index in [0.717, 1.165) is 16.7 Å². The van der Waals surface area contributed by atoms with Crippen LogP contribution < -0.4 is 30.8 Å². The summed E-state index contributed by atoms with van der Waals surface area (Å²) in [4.78, 5) is 58.2. The van der Waals surface area contributed by atoms with Crippen LogP contribution in [0, 0.1) is 0 Å². The average Bonchev–Trinajstić information content (AvgIpc) is 3.12. The third-order valence-corrected chi connectivity index (χ3v) is 7.10. The maximum Gasteiger partial charge on any atom is 0.361 e. The van der Waals surface area contributed by atoms with E-state index >= 15 is 0 Å². The molecule has 2 aromatic heterocycles. The first kappa shape index (κ1) is 50.9. The molecule has 0 bridgehead atoms. The molecule has 2 aromatic carbocycles. The van der Waals surface area contributed by atoms with Gasteiger partial charge >= 0.3 is 11.9 Å². The summed E-state index contributed by atoms with van der Waals surface area (Å²) in [5, 5.41) is 2.99. The molecule has 0 aliphatic carbocycles. The Kier molecular flexibility index (Phi) is 25.0. The van der Waals surface area contributed by atoms with Crippen molar-refractivity contribution in [3.05, 3.63) is 109 Å². The highest BCUT2D eigenvalue weighted by molar-refractivity contribution is 6.28. The number of nitrogens with one attached hydrogen (secondary N) is 1. The molecule has 300 valence electrons. The molecule has 2 heterocycles. The maximum atomic E-state index is 12.6. The lowest BCUT2D eigenvalue weighted by atomic mass is 10.2. The summed E-state index contributed by atoms with van der Waals surface area (Å²) in [7, 11) is 6.80. The van der Waals surface area contributed by atoms with Gasteiger partial charge in [0.2, 0.25) is 22.7 Å². The van der Waals surface area contributed by atoms with Gasteiger partial charge in [0.25, 0.3) is 11.1 Å². The van der Waals surface area contributed by atoms with Crippen LogP contribution in [0.2, 0.25) is 5.28 Å². The van der Waals surface area contributed by atoms with E-state index < -0.39 is 23.1 Å². The summed E-state index contributed by atoms with van der Waals surface area (Å²) in [6, 6.07) is 20.1. The molecule has 0 amide bonds. The molecule has 4 aromatic rings. The van der Waals surface area contributed by atoms with Crippen molar-refractivity contribution < 1.29 is 28.5 Å². The lowest BCUT2D eigenvalue weighted by molar-refractivity contribution is 0.0504. The van der Waals surface area contributed by atoms with Crippen molar-refractivity contribution in [1.82, 2.24) is 24.4 Å². The monoisotopic (exact) mass is 774 g/mol. The smallest absolute Gasteiger partial charge is 0.361 e. The second kappa shape index (κ2) is 26.5. The molecule has 0 aliphatic heterocycles. The summed E-state index contributed by atoms with van der Waals surface area (Å²) in [6.07, 6.45) is 0. The van der Waals surface area contributed by atoms with E-state index in [9.17, 15) is 19.2 Å². The number of esters is 2. The Bertz CT molecular complexity index is 1820. The van der Waals surface area contributed by atoms with Crippen molar-refractivity contribution in [2.24, 2.45) is 14.1 Å². The zero-order valence-electron chi connectivity index (χ0n) is 30.4. The molecule has 0 radical (unpaired) electrons. The van der Waals surface area contributed by atoms with Crippen molar-refractivity contribution in [3.63, 3.8) is 0 Å². The number of benzene rings is 2. The standard InChI is InChI=1S/C18H23N3O4.C10H13ClN2O4.C8H11N.3CH4/c1-5-24-15-14(17(23)25-6-2)19-18(21(4)16(15)22)20(3)12-13-10-8-7-9-11-13;1-4-16-7-6(9(15)17-5-2)12-10(11)13(3)8(7)14;1-9-7-8-5-3-2-4-6-8;;;/h7-11H,5-6,12H2,1-4H3;4-5H2,1-3H3;2-6,9H,7H2,1H3;3*1H4. The Morgan fingerprint density at radius 1 is 0.704 bits per heavy atom. The third kappa shape index (κ3) is 14.7. The van der Waals surface area contributed by atoms with Gasteiger partial charge in [-0.25, -0.2) is 19.6 Å². The van der Waals surface area contributed by atoms with Gasteiger partial charge in [-0.15, -0.1) is 0 Å². The number of hydrogen-bond acceptors (Lipinski definition) is 12. The molecular formula is C39H59ClN6O8. The quantitative estimate of drug-likeness (QED) is 0.119. The molecule has 14 nitrogen and oxygen atoms in total. The van der Waals surface area contributed by atoms with E-state index in [4.69, 9.17) is 30.5 Å². The van der Waals surface area contributed by atoms with Crippen molar-refractivity contribution >= 4 is 29.5 Å². The SMILES string of the molecule is C.C.C.CCOC(=O)c1nc(Cl)n(C)c(=O)c1OCC.CCOC(=O)c1nc(N(C)Cc2ccccc2)n(C)c(=O)c1OCC.CNCc1ccccc1. The van der Waals surface area contributed by atoms with E-state index in [1.165, 1.54) is 17.2 Å². The molecule has 0 unspecified atom stereocenters. The summed E-state index contributed by atoms with van der Waals surface area (Å²) in [5.41, 5.74) is 1.17. The van der Waals surface area contributed by atoms with E-state index in [-0.39, 0.29) is 76.9 Å². The molecular weight excluding hydrogens is 716 g/mol. The second-order valence-corrected chi connectivity index (χ2v) is 10.9. The first-order chi connectivity index (χ1) is 24.4. The van der Waals surface area contributed by atoms with Crippen LogP contribution in [0.1, 0.15) is 82.1 Å². The number of rotatable bonds is 13. The predicted molar refractivity (Wildman–Crippen MR) is 216 cm³/mol. The van der Waals surface area contributed by atoms with Gasteiger partial charge in [0.1, 0.15) is 0 Å². The Morgan fingerprint density at radius 2 is 1.13 bits per heavy atom. The minimum absolute atomic E-state index is 0. The van der Waals surface area contributed by atoms with Crippen LogP contribution in [0.4, 0.5) is 5.95 Å². The third-order valence-electron chi connectivity index (χ3n) is 6.76. The van der Waals surface area contributed by atoms with Crippen molar-refractivity contribution in [2.75, 3.05) is 45.4 Å². The molecule has 0 spiro atoms. The van der Waals surface area contributed by atoms with Crippen LogP contribution in [-0.4, -0.2) is 71.6 Å². The van der Waals surface area contributed by atoms with E-state index in [2.05, 4.69) is 27.4 Å². The number of nitrogens with zero attached hydrogens (tertiary/aromatic N) is 5. The van der Waals surface area contributed by atoms with Crippen LogP contribution in [0.5, 0.6) is 11.5 Å². The minimum atomic E-state index is -0.726. The molecule has 0 aliphatic rings. The van der Waals surface area contributed by atoms with Gasteiger partial charge < -0.3 is 29.2 Å². The fraction of sp³-hybridized carbons (Fsp3) is 0.436. The number of carbonyl (C=O) groups is 2. The summed E-state index contributed by atoms with van der Waals surface area (Å²) >= 11 is 5.72. The number of carbonyl (C=O) groups excluding carboxylic acids is 2. The van der Waals surface area contributed by atoms with Gasteiger partial charge in [0.15, 0.2) is 11.4 Å². The van der Waals surface area contributed by atoms with E-state index in [0.29, 0.717) is 12.5 Å². The summed E-state index contributed by atoms with van der Waals surface area (Å²) < 4.78 is 22.7. The van der Waals surface area contributed by atoms with Crippen molar-refractivity contribution in [2.45, 2.75) is 63.1 Å². The lowest BCUT2D eigenvalue weighted by Gasteiger charge is -2.22. The number of anilines is 1. The van der Waals surface area contributed by atoms with Crippen molar-refractivity contribution in [1.29, 1.82) is 0 Å². The Balaban J connectivity index is 0. The highest BCUT2D eigenvalue weighted by atomic mass is 35.5. The lowest BCUT2D eigenvalue weighted by Crippen LogP contribution is -2.31. The van der Waals surface area contributed by atoms with E-state index in [1.807, 2.05) is 62.6 Å². The van der Waals surface area contributed by atoms with Crippen LogP contribution in [-0.2, 0) is 36.7 Å². The van der Waals surface area contributed by atoms with Gasteiger partial charge in [0.05, 0.1) is 26.4 Å². The van der Waals surface area contributed by atoms with Gasteiger partial charge in [-0.2, -0.15) is 0 Å². The topological polar surface area (TPSA) is 156 Å². The van der Waals surface area contributed by atoms with Crippen LogP contribution >= 0.6 is 11.6 Å². The van der Waals surface area contributed by atoms with Gasteiger partial charge in [-0.05, 0) is 57.5 Å². The number of halogens is 1. The molecule has 1 N–H and O–H groups in total. The average molecular weight is 775 g/mol. The number of ether oxygens (including phenoxy) is 4. The maximum absolute atomic E-state index is 12.6. The molecule has 4 rings (SSSR count). The largest absolute Gasteiger partial charge is 0.486 e. The summed E-state index contributed by atoms with van der Waals surface area (Å²) in [6.45, 7) is 9.15. The Morgan fingerprint density at radius 3 is 1.56 bits per heavy atom. The number of aromatic nitrogens is 4. The Hall–Kier alpha value is -5.21. The van der Waals surface area contributed by atoms with Gasteiger partial charge in [-0.1, -0.05) is 82.9 Å². The van der Waals surface area contributed by atoms with Crippen molar-refractivity contribution in [3.8, 4) is 11.5 Å². The van der Waals surface area contributed by atoms with Gasteiger partial charge in [0, 0.05) is 34.2 Å². The van der Waals surface area contributed by atoms with Gasteiger partial charge in [-0.3, -0.25) is 18.7 Å². The van der Waals surface area contributed by atoms with Crippen LogP contribution in [0.3, 0.4) is 0 Å². The molecule has 0 atom stereocenters. The molecule has 15 heteroatoms. The first-order valence-corrected chi connectivity index (χ1v) is 16.7. The molecule has 0 saturated carbocycles. The predicted octanol–water partition coefficient (Wildman–Crippen LogP) is 6.32. The molecule has 0 saturated heterocycles. The van der Waals surface area contributed by atoms with Crippen LogP contribution in [0.15, 0.2) is 70.3 Å². The molecule has 0 fully saturated rings. The summed E-state index contributed by atoms with van der Waals surface area (Å²) in [5.74, 6) is -1.26. The molecule has 54 heavy (non-hydrogen) atoms. The highest BCUT2D eigenvalue weighted by Gasteiger charge is 2.25. The van der Waals surface area contributed by atoms with E-state index in [1.54, 1.807) is 39.6 Å². The Labute approximate surface area is 325 Å². The zero-order chi connectivity index (χ0) is 37.9. The second-order valence-electron chi connectivity index (χ2n) is 10.5.